The summed E-state index contributed by atoms with van der Waals surface area (Å²) in [6.07, 6.45) is -6.44. The molecule has 1 unspecified atom stereocenters. The summed E-state index contributed by atoms with van der Waals surface area (Å²) in [5, 5.41) is -6.50. The first kappa shape index (κ1) is 11.2. The van der Waals surface area contributed by atoms with Gasteiger partial charge in [-0.25, -0.2) is 0 Å². The smallest absolute Gasteiger partial charge is 0.188 e. The number of hydrogen-bond acceptors (Lipinski definition) is 0. The summed E-state index contributed by atoms with van der Waals surface area (Å²) >= 11 is 8.77. The van der Waals surface area contributed by atoms with Crippen LogP contribution in [0.4, 0.5) is 22.0 Å². The van der Waals surface area contributed by atoms with Crippen LogP contribution in [0.2, 0.25) is 0 Å². The summed E-state index contributed by atoms with van der Waals surface area (Å²) in [5.41, 5.74) is 0. The van der Waals surface area contributed by atoms with Crippen molar-refractivity contribution in [1.29, 1.82) is 0 Å². The van der Waals surface area contributed by atoms with Crippen LogP contribution in [-0.2, 0) is 0 Å². The molecule has 0 saturated carbocycles. The van der Waals surface area contributed by atoms with Crippen molar-refractivity contribution in [1.82, 2.24) is 0 Å². The van der Waals surface area contributed by atoms with Gasteiger partial charge in [0.25, 0.3) is 0 Å². The third kappa shape index (κ3) is 5.49. The molecule has 1 atom stereocenters. The van der Waals surface area contributed by atoms with Gasteiger partial charge in [-0.2, -0.15) is 22.0 Å². The van der Waals surface area contributed by atoms with Gasteiger partial charge in [-0.15, -0.1) is 11.6 Å². The molecule has 0 fully saturated rings. The maximum atomic E-state index is 11.7. The molecule has 0 aliphatic rings. The monoisotopic (exact) mass is 216 g/mol. The second kappa shape index (κ2) is 3.31. The zero-order valence-corrected chi connectivity index (χ0v) is 6.44. The molecule has 0 aliphatic carbocycles. The Morgan fingerprint density at radius 2 is 1.45 bits per heavy atom. The van der Waals surface area contributed by atoms with Crippen molar-refractivity contribution in [2.24, 2.45) is 0 Å². The summed E-state index contributed by atoms with van der Waals surface area (Å²) in [6.45, 7) is 0. The minimum Gasteiger partial charge on any atom is -0.188 e. The van der Waals surface area contributed by atoms with Gasteiger partial charge in [0.1, 0.15) is 5.38 Å². The predicted octanol–water partition coefficient (Wildman–Crippen LogP) is 3.38. The molecule has 11 heavy (non-hydrogen) atoms. The van der Waals surface area contributed by atoms with E-state index in [9.17, 15) is 22.0 Å². The van der Waals surface area contributed by atoms with Crippen LogP contribution in [0, 0.1) is 0 Å². The average molecular weight is 217 g/mol. The molecule has 0 nitrogen and oxygen atoms in total. The summed E-state index contributed by atoms with van der Waals surface area (Å²) in [4.78, 5) is 0. The van der Waals surface area contributed by atoms with E-state index in [1.165, 1.54) is 0 Å². The lowest BCUT2D eigenvalue weighted by atomic mass is 10.3. The molecule has 0 aliphatic heterocycles. The van der Waals surface area contributed by atoms with Gasteiger partial charge in [-0.1, -0.05) is 0 Å². The molecule has 0 saturated heterocycles. The molecule has 0 aromatic carbocycles. The molecular formula is C4H3Cl2F5. The molecule has 0 heterocycles. The fourth-order valence-electron chi connectivity index (χ4n) is 0.319. The lowest BCUT2D eigenvalue weighted by Crippen LogP contribution is -2.28. The highest BCUT2D eigenvalue weighted by Gasteiger charge is 2.44. The van der Waals surface area contributed by atoms with Crippen molar-refractivity contribution in [3.63, 3.8) is 0 Å². The van der Waals surface area contributed by atoms with E-state index in [0.29, 0.717) is 0 Å². The van der Waals surface area contributed by atoms with Crippen LogP contribution < -0.4 is 0 Å². The first-order chi connectivity index (χ1) is 4.63. The fraction of sp³-hybridized carbons (Fsp3) is 1.00. The van der Waals surface area contributed by atoms with Crippen LogP contribution >= 0.6 is 23.2 Å². The van der Waals surface area contributed by atoms with Crippen LogP contribution in [0.1, 0.15) is 6.42 Å². The van der Waals surface area contributed by atoms with Crippen molar-refractivity contribution in [2.75, 3.05) is 0 Å². The van der Waals surface area contributed by atoms with Gasteiger partial charge in [0.05, 0.1) is 6.42 Å². The van der Waals surface area contributed by atoms with Gasteiger partial charge in [0.15, 0.2) is 0 Å². The van der Waals surface area contributed by atoms with Crippen LogP contribution in [0.3, 0.4) is 0 Å². The third-order valence-corrected chi connectivity index (χ3v) is 1.32. The van der Waals surface area contributed by atoms with E-state index in [-0.39, 0.29) is 0 Å². The van der Waals surface area contributed by atoms with Crippen LogP contribution in [-0.4, -0.2) is 16.9 Å². The molecule has 0 radical (unpaired) electrons. The molecule has 0 amide bonds. The lowest BCUT2D eigenvalue weighted by molar-refractivity contribution is -0.139. The minimum atomic E-state index is -4.83. The minimum absolute atomic E-state index is 1.61. The first-order valence-electron chi connectivity index (χ1n) is 2.40. The maximum absolute atomic E-state index is 11.7. The van der Waals surface area contributed by atoms with Crippen molar-refractivity contribution >= 4 is 23.2 Å². The number of alkyl halides is 7. The summed E-state index contributed by atoms with van der Waals surface area (Å²) in [5.74, 6) is 0. The van der Waals surface area contributed by atoms with Gasteiger partial charge < -0.3 is 0 Å². The highest BCUT2D eigenvalue weighted by atomic mass is 35.5. The zero-order valence-electron chi connectivity index (χ0n) is 4.93. The summed E-state index contributed by atoms with van der Waals surface area (Å²) in [7, 11) is 0. The topological polar surface area (TPSA) is 0 Å². The van der Waals surface area contributed by atoms with Crippen LogP contribution in [0.5, 0.6) is 0 Å². The summed E-state index contributed by atoms with van der Waals surface area (Å²) in [6, 6.07) is 0. The van der Waals surface area contributed by atoms with Crippen molar-refractivity contribution in [3.8, 4) is 0 Å². The molecule has 7 heteroatoms. The van der Waals surface area contributed by atoms with Gasteiger partial charge in [0, 0.05) is 0 Å². The van der Waals surface area contributed by atoms with Crippen molar-refractivity contribution < 1.29 is 22.0 Å². The largest absolute Gasteiger partial charge is 0.405 e. The molecule has 0 spiro atoms. The first-order valence-corrected chi connectivity index (χ1v) is 3.22. The van der Waals surface area contributed by atoms with Gasteiger partial charge in [-0.3, -0.25) is 0 Å². The van der Waals surface area contributed by atoms with Crippen LogP contribution in [0.15, 0.2) is 0 Å². The molecule has 0 bridgehead atoms. The Bertz CT molecular complexity index is 125. The molecule has 0 N–H and O–H groups in total. The zero-order chi connectivity index (χ0) is 9.28. The summed E-state index contributed by atoms with van der Waals surface area (Å²) < 4.78 is 57.7. The SMILES string of the molecule is FC(F)(Cl)CC(Cl)C(F)(F)F. The molecule has 0 rings (SSSR count). The average Bonchev–Trinajstić information content (AvgIpc) is 1.56. The number of halogens is 7. The van der Waals surface area contributed by atoms with E-state index < -0.39 is 23.4 Å². The van der Waals surface area contributed by atoms with Gasteiger partial charge in [-0.05, 0) is 11.6 Å². The maximum Gasteiger partial charge on any atom is 0.405 e. The Kier molecular flexibility index (Phi) is 3.38. The second-order valence-electron chi connectivity index (χ2n) is 1.83. The van der Waals surface area contributed by atoms with E-state index in [0.717, 1.165) is 0 Å². The third-order valence-electron chi connectivity index (χ3n) is 0.766. The van der Waals surface area contributed by atoms with Gasteiger partial charge in [0.2, 0.25) is 0 Å². The Balaban J connectivity index is 3.99. The van der Waals surface area contributed by atoms with Gasteiger partial charge >= 0.3 is 11.6 Å². The Morgan fingerprint density at radius 3 is 1.55 bits per heavy atom. The predicted molar refractivity (Wildman–Crippen MR) is 31.1 cm³/mol. The molecular weight excluding hydrogens is 214 g/mol. The van der Waals surface area contributed by atoms with E-state index in [2.05, 4.69) is 23.2 Å². The highest BCUT2D eigenvalue weighted by Crippen LogP contribution is 2.35. The number of hydrogen-bond donors (Lipinski definition) is 0. The Labute approximate surface area is 69.3 Å². The van der Waals surface area contributed by atoms with Crippen LogP contribution in [0.25, 0.3) is 0 Å². The van der Waals surface area contributed by atoms with Crippen molar-refractivity contribution in [2.45, 2.75) is 23.4 Å². The molecule has 0 aromatic rings. The highest BCUT2D eigenvalue weighted by molar-refractivity contribution is 6.24. The quantitative estimate of drug-likeness (QED) is 0.491. The van der Waals surface area contributed by atoms with E-state index in [4.69, 9.17) is 0 Å². The Morgan fingerprint density at radius 1 is 1.09 bits per heavy atom. The van der Waals surface area contributed by atoms with E-state index in [1.54, 1.807) is 0 Å². The van der Waals surface area contributed by atoms with E-state index in [1.807, 2.05) is 0 Å². The molecule has 0 aromatic heterocycles. The van der Waals surface area contributed by atoms with Crippen molar-refractivity contribution in [3.05, 3.63) is 0 Å². The second-order valence-corrected chi connectivity index (χ2v) is 2.91. The fourth-order valence-corrected chi connectivity index (χ4v) is 0.746. The van der Waals surface area contributed by atoms with E-state index >= 15 is 0 Å². The Hall–Kier alpha value is 0.230. The number of rotatable bonds is 2. The molecule has 68 valence electrons. The lowest BCUT2D eigenvalue weighted by Gasteiger charge is -2.15. The normalized spacial score (nSPS) is 16.6. The standard InChI is InChI=1S/C4H3Cl2F5/c5-2(4(9,10)11)1-3(6,7)8/h2H,1H2.